The summed E-state index contributed by atoms with van der Waals surface area (Å²) >= 11 is 0. The highest BCUT2D eigenvalue weighted by atomic mass is 16.5. The van der Waals surface area contributed by atoms with Crippen LogP contribution in [-0.2, 0) is 4.79 Å². The van der Waals surface area contributed by atoms with Crippen molar-refractivity contribution in [1.82, 2.24) is 15.5 Å². The van der Waals surface area contributed by atoms with Gasteiger partial charge in [0.05, 0.1) is 12.7 Å². The van der Waals surface area contributed by atoms with Crippen molar-refractivity contribution in [2.24, 2.45) is 5.92 Å². The lowest BCUT2D eigenvalue weighted by atomic mass is 10.1. The highest BCUT2D eigenvalue weighted by Crippen LogP contribution is 2.32. The van der Waals surface area contributed by atoms with E-state index in [0.29, 0.717) is 36.1 Å². The first kappa shape index (κ1) is 19.5. The average Bonchev–Trinajstić information content (AvgIpc) is 3.54. The fourth-order valence-corrected chi connectivity index (χ4v) is 3.27. The Labute approximate surface area is 160 Å². The Balaban J connectivity index is 1.61. The molecule has 1 saturated carbocycles. The van der Waals surface area contributed by atoms with E-state index in [2.05, 4.69) is 10.6 Å². The molecule has 0 radical (unpaired) electrons. The minimum atomic E-state index is -0.180. The molecule has 148 valence electrons. The van der Waals surface area contributed by atoms with Crippen molar-refractivity contribution in [3.05, 3.63) is 23.8 Å². The molecular weight excluding hydrogens is 346 g/mol. The Kier molecular flexibility index (Phi) is 6.55. The molecule has 7 heteroatoms. The van der Waals surface area contributed by atoms with Gasteiger partial charge in [0, 0.05) is 44.9 Å². The number of ether oxygens (including phenoxy) is 2. The van der Waals surface area contributed by atoms with Gasteiger partial charge in [0.25, 0.3) is 5.91 Å². The molecule has 1 aliphatic heterocycles. The number of likely N-dealkylation sites (N-methyl/N-ethyl adjacent to an activating group) is 1. The number of hydrogen-bond donors (Lipinski definition) is 2. The first-order chi connectivity index (χ1) is 13.1. The monoisotopic (exact) mass is 375 g/mol. The molecule has 0 spiro atoms. The van der Waals surface area contributed by atoms with Gasteiger partial charge in [-0.1, -0.05) is 0 Å². The summed E-state index contributed by atoms with van der Waals surface area (Å²) in [7, 11) is 3.41. The Morgan fingerprint density at radius 3 is 2.52 bits per heavy atom. The van der Waals surface area contributed by atoms with Crippen molar-refractivity contribution in [2.75, 3.05) is 40.3 Å². The molecule has 2 amide bonds. The molecule has 1 heterocycles. The Morgan fingerprint density at radius 1 is 1.15 bits per heavy atom. The highest BCUT2D eigenvalue weighted by molar-refractivity contribution is 5.97. The zero-order chi connectivity index (χ0) is 19.2. The fourth-order valence-electron chi connectivity index (χ4n) is 3.27. The number of hydrogen-bond acceptors (Lipinski definition) is 5. The molecule has 3 rings (SSSR count). The molecule has 0 bridgehead atoms. The summed E-state index contributed by atoms with van der Waals surface area (Å²) in [5.74, 6) is 1.55. The summed E-state index contributed by atoms with van der Waals surface area (Å²) in [6, 6.07) is 5.29. The Morgan fingerprint density at radius 2 is 1.89 bits per heavy atom. The third-order valence-electron chi connectivity index (χ3n) is 5.07. The summed E-state index contributed by atoms with van der Waals surface area (Å²) in [5.41, 5.74) is 0.474. The van der Waals surface area contributed by atoms with Gasteiger partial charge in [-0.25, -0.2) is 0 Å². The third-order valence-corrected chi connectivity index (χ3v) is 5.07. The molecule has 0 atom stereocenters. The fraction of sp³-hybridized carbons (Fsp3) is 0.600. The lowest BCUT2D eigenvalue weighted by Gasteiger charge is -2.32. The van der Waals surface area contributed by atoms with Gasteiger partial charge in [0.2, 0.25) is 5.91 Å². The smallest absolute Gasteiger partial charge is 0.255 e. The van der Waals surface area contributed by atoms with Crippen LogP contribution in [0.4, 0.5) is 0 Å². The molecular formula is C20H29N3O4. The van der Waals surface area contributed by atoms with Crippen LogP contribution in [0.25, 0.3) is 0 Å². The molecule has 2 aliphatic rings. The Hall–Kier alpha value is -2.28. The van der Waals surface area contributed by atoms with E-state index in [0.717, 1.165) is 38.8 Å². The molecule has 1 aromatic rings. The largest absolute Gasteiger partial charge is 0.497 e. The predicted molar refractivity (Wildman–Crippen MR) is 102 cm³/mol. The number of benzene rings is 1. The van der Waals surface area contributed by atoms with Crippen LogP contribution in [0, 0.1) is 5.92 Å². The van der Waals surface area contributed by atoms with Crippen molar-refractivity contribution in [3.63, 3.8) is 0 Å². The standard InChI is InChI=1S/C20H29N3O4/c1-21-9-10-22-19(24)17-13-16(26-2)5-6-18(17)27-15-7-11-23(12-8-15)20(25)14-3-4-14/h5-6,13-15,21H,3-4,7-12H2,1-2H3,(H,22,24). The number of nitrogens with one attached hydrogen (secondary N) is 2. The first-order valence-corrected chi connectivity index (χ1v) is 9.68. The highest BCUT2D eigenvalue weighted by Gasteiger charge is 2.35. The summed E-state index contributed by atoms with van der Waals surface area (Å²) in [6.07, 6.45) is 3.64. The zero-order valence-electron chi connectivity index (χ0n) is 16.1. The summed E-state index contributed by atoms with van der Waals surface area (Å²) in [6.45, 7) is 2.67. The van der Waals surface area contributed by atoms with Gasteiger partial charge < -0.3 is 25.0 Å². The summed E-state index contributed by atoms with van der Waals surface area (Å²) < 4.78 is 11.4. The summed E-state index contributed by atoms with van der Waals surface area (Å²) in [5, 5.41) is 5.88. The molecule has 7 nitrogen and oxygen atoms in total. The van der Waals surface area contributed by atoms with E-state index < -0.39 is 0 Å². The van der Waals surface area contributed by atoms with E-state index in [9.17, 15) is 9.59 Å². The maximum atomic E-state index is 12.5. The lowest BCUT2D eigenvalue weighted by molar-refractivity contribution is -0.134. The van der Waals surface area contributed by atoms with E-state index in [4.69, 9.17) is 9.47 Å². The van der Waals surface area contributed by atoms with Crippen molar-refractivity contribution < 1.29 is 19.1 Å². The van der Waals surface area contributed by atoms with Crippen LogP contribution in [0.1, 0.15) is 36.0 Å². The van der Waals surface area contributed by atoms with Crippen molar-refractivity contribution in [2.45, 2.75) is 31.8 Å². The van der Waals surface area contributed by atoms with Crippen LogP contribution in [0.5, 0.6) is 11.5 Å². The van der Waals surface area contributed by atoms with E-state index in [1.807, 2.05) is 11.9 Å². The second kappa shape index (κ2) is 9.08. The number of rotatable bonds is 8. The van der Waals surface area contributed by atoms with Crippen molar-refractivity contribution in [1.29, 1.82) is 0 Å². The SMILES string of the molecule is CNCCNC(=O)c1cc(OC)ccc1OC1CCN(C(=O)C2CC2)CC1. The van der Waals surface area contributed by atoms with Crippen LogP contribution in [-0.4, -0.2) is 63.2 Å². The van der Waals surface area contributed by atoms with Gasteiger partial charge in [0.15, 0.2) is 0 Å². The number of carbonyl (C=O) groups is 2. The van der Waals surface area contributed by atoms with Crippen molar-refractivity contribution in [3.8, 4) is 11.5 Å². The number of piperidine rings is 1. The molecule has 1 aliphatic carbocycles. The molecule has 2 N–H and O–H groups in total. The van der Waals surface area contributed by atoms with Gasteiger partial charge in [0.1, 0.15) is 17.6 Å². The van der Waals surface area contributed by atoms with E-state index in [-0.39, 0.29) is 17.9 Å². The van der Waals surface area contributed by atoms with Crippen LogP contribution in [0.2, 0.25) is 0 Å². The van der Waals surface area contributed by atoms with Gasteiger partial charge in [-0.05, 0) is 38.1 Å². The molecule has 0 aromatic heterocycles. The quantitative estimate of drug-likeness (QED) is 0.672. The van der Waals surface area contributed by atoms with Gasteiger partial charge in [-0.3, -0.25) is 9.59 Å². The van der Waals surface area contributed by atoms with E-state index >= 15 is 0 Å². The van der Waals surface area contributed by atoms with Gasteiger partial charge >= 0.3 is 0 Å². The number of amides is 2. The van der Waals surface area contributed by atoms with Gasteiger partial charge in [-0.15, -0.1) is 0 Å². The van der Waals surface area contributed by atoms with Crippen LogP contribution in [0.15, 0.2) is 18.2 Å². The molecule has 27 heavy (non-hydrogen) atoms. The Bertz CT molecular complexity index is 667. The normalized spacial score (nSPS) is 17.5. The van der Waals surface area contributed by atoms with Gasteiger partial charge in [-0.2, -0.15) is 0 Å². The number of methoxy groups -OCH3 is 1. The molecule has 2 fully saturated rings. The lowest BCUT2D eigenvalue weighted by Crippen LogP contribution is -2.42. The predicted octanol–water partition coefficient (Wildman–Crippen LogP) is 1.42. The average molecular weight is 375 g/mol. The number of likely N-dealkylation sites (tertiary alicyclic amines) is 1. The van der Waals surface area contributed by atoms with Crippen LogP contribution < -0.4 is 20.1 Å². The second-order valence-electron chi connectivity index (χ2n) is 7.14. The number of nitrogens with zero attached hydrogens (tertiary/aromatic N) is 1. The van der Waals surface area contributed by atoms with Crippen molar-refractivity contribution >= 4 is 11.8 Å². The molecule has 1 saturated heterocycles. The minimum Gasteiger partial charge on any atom is -0.497 e. The van der Waals surface area contributed by atoms with E-state index in [1.54, 1.807) is 25.3 Å². The van der Waals surface area contributed by atoms with Crippen LogP contribution >= 0.6 is 0 Å². The van der Waals surface area contributed by atoms with Crippen LogP contribution in [0.3, 0.4) is 0 Å². The third kappa shape index (κ3) is 5.13. The maximum Gasteiger partial charge on any atom is 0.255 e. The number of carbonyl (C=O) groups excluding carboxylic acids is 2. The topological polar surface area (TPSA) is 79.9 Å². The second-order valence-corrected chi connectivity index (χ2v) is 7.14. The molecule has 0 unspecified atom stereocenters. The first-order valence-electron chi connectivity index (χ1n) is 9.68. The zero-order valence-corrected chi connectivity index (χ0v) is 16.1. The molecule has 1 aromatic carbocycles. The summed E-state index contributed by atoms with van der Waals surface area (Å²) in [4.78, 5) is 26.7. The van der Waals surface area contributed by atoms with E-state index in [1.165, 1.54) is 0 Å². The maximum absolute atomic E-state index is 12.5. The minimum absolute atomic E-state index is 0.00510.